The molecule has 0 saturated heterocycles. The van der Waals surface area contributed by atoms with Gasteiger partial charge in [-0.2, -0.15) is 0 Å². The van der Waals surface area contributed by atoms with Crippen molar-refractivity contribution >= 4 is 17.9 Å². The Bertz CT molecular complexity index is 303. The number of carbonyl (C=O) groups excluding carboxylic acids is 3. The fourth-order valence-electron chi connectivity index (χ4n) is 1.54. The summed E-state index contributed by atoms with van der Waals surface area (Å²) in [6, 6.07) is -1.31. The number of hydrogen-bond donors (Lipinski definition) is 1. The molecule has 0 aliphatic heterocycles. The van der Waals surface area contributed by atoms with Gasteiger partial charge in [-0.25, -0.2) is 0 Å². The minimum atomic E-state index is -1.57. The van der Waals surface area contributed by atoms with Gasteiger partial charge in [0.05, 0.1) is 23.9 Å². The molecule has 21 heavy (non-hydrogen) atoms. The van der Waals surface area contributed by atoms with Crippen molar-refractivity contribution in [3.8, 4) is 0 Å². The van der Waals surface area contributed by atoms with Crippen LogP contribution in [-0.2, 0) is 14.4 Å². The van der Waals surface area contributed by atoms with Crippen LogP contribution in [0.4, 0.5) is 0 Å². The first-order chi connectivity index (χ1) is 8.38. The number of carbonyl (C=O) groups is 3. The molecule has 0 radical (unpaired) electrons. The Morgan fingerprint density at radius 3 is 1.62 bits per heavy atom. The monoisotopic (exact) mass is 328 g/mol. The van der Waals surface area contributed by atoms with E-state index in [2.05, 4.69) is 0 Å². The zero-order chi connectivity index (χ0) is 14.1. The van der Waals surface area contributed by atoms with Gasteiger partial charge in [-0.1, -0.05) is 6.42 Å². The summed E-state index contributed by atoms with van der Waals surface area (Å²) in [5.74, 6) is -4.67. The normalized spacial score (nSPS) is 10.6. The van der Waals surface area contributed by atoms with Crippen molar-refractivity contribution in [3.05, 3.63) is 0 Å². The van der Waals surface area contributed by atoms with E-state index in [9.17, 15) is 29.7 Å². The van der Waals surface area contributed by atoms with Crippen LogP contribution in [0.2, 0.25) is 0 Å². The van der Waals surface area contributed by atoms with Crippen molar-refractivity contribution in [2.24, 2.45) is 5.73 Å². The second-order valence-corrected chi connectivity index (χ2v) is 3.77. The van der Waals surface area contributed by atoms with Crippen LogP contribution < -0.4 is 110 Å². The van der Waals surface area contributed by atoms with Gasteiger partial charge in [0.25, 0.3) is 0 Å². The number of nitrogens with two attached hydrogens (primary N) is 1. The van der Waals surface area contributed by atoms with Gasteiger partial charge in [0.1, 0.15) is 0 Å². The molecule has 11 heteroatoms. The molecule has 1 unspecified atom stereocenters. The molecular formula is C10H15N2Na3O6. The Morgan fingerprint density at radius 1 is 0.905 bits per heavy atom. The topological polar surface area (TPSA) is 150 Å². The molecule has 1 atom stereocenters. The third-order valence-electron chi connectivity index (χ3n) is 2.31. The van der Waals surface area contributed by atoms with Gasteiger partial charge in [-0.3, -0.25) is 4.90 Å². The first-order valence-electron chi connectivity index (χ1n) is 5.43. The number of nitrogens with zero attached hydrogens (tertiary/aromatic N) is 1. The standard InChI is InChI=1S/C10H18N2O6.3Na/c11-4-2-1-3-7(10(17)18)12(5-8(13)14)6-9(15)16;;;/h7H,1-6,11H2,(H,13,14)(H,15,16)(H,17,18);;;/q;3*+1/p-3. The second kappa shape index (κ2) is 17.7. The molecule has 0 aromatic carbocycles. The molecule has 0 rings (SSSR count). The van der Waals surface area contributed by atoms with Crippen LogP contribution in [0.5, 0.6) is 0 Å². The number of carboxylic acid groups (broad SMARTS) is 3. The molecular weight excluding hydrogens is 313 g/mol. The van der Waals surface area contributed by atoms with Crippen LogP contribution in [0.1, 0.15) is 19.3 Å². The van der Waals surface area contributed by atoms with E-state index < -0.39 is 37.0 Å². The summed E-state index contributed by atoms with van der Waals surface area (Å²) >= 11 is 0. The number of unbranched alkanes of at least 4 members (excludes halogenated alkanes) is 1. The van der Waals surface area contributed by atoms with Gasteiger partial charge in [0, 0.05) is 13.1 Å². The van der Waals surface area contributed by atoms with Crippen molar-refractivity contribution in [1.82, 2.24) is 4.90 Å². The molecule has 0 aliphatic carbocycles. The first-order valence-corrected chi connectivity index (χ1v) is 5.43. The molecule has 0 bridgehead atoms. The predicted octanol–water partition coefficient (Wildman–Crippen LogP) is -14.0. The van der Waals surface area contributed by atoms with Crippen LogP contribution in [0.3, 0.4) is 0 Å². The van der Waals surface area contributed by atoms with E-state index in [1.165, 1.54) is 0 Å². The summed E-state index contributed by atoms with van der Waals surface area (Å²) in [6.07, 6.45) is 1.03. The minimum Gasteiger partial charge on any atom is -0.549 e. The Kier molecular flexibility index (Phi) is 25.5. The minimum absolute atomic E-state index is 0. The van der Waals surface area contributed by atoms with Crippen LogP contribution in [0, 0.1) is 0 Å². The van der Waals surface area contributed by atoms with Gasteiger partial charge in [-0.15, -0.1) is 0 Å². The number of hydrogen-bond acceptors (Lipinski definition) is 8. The molecule has 0 spiro atoms. The third-order valence-corrected chi connectivity index (χ3v) is 2.31. The molecule has 8 nitrogen and oxygen atoms in total. The maximum absolute atomic E-state index is 10.9. The fourth-order valence-corrected chi connectivity index (χ4v) is 1.54. The average Bonchev–Trinajstić information content (AvgIpc) is 2.21. The molecule has 0 heterocycles. The Hall–Kier alpha value is 1.33. The van der Waals surface area contributed by atoms with E-state index in [0.29, 0.717) is 19.4 Å². The third kappa shape index (κ3) is 16.0. The van der Waals surface area contributed by atoms with Crippen LogP contribution >= 0.6 is 0 Å². The van der Waals surface area contributed by atoms with Crippen molar-refractivity contribution in [1.29, 1.82) is 0 Å². The van der Waals surface area contributed by atoms with E-state index in [-0.39, 0.29) is 95.1 Å². The van der Waals surface area contributed by atoms with Gasteiger partial charge in [-0.05, 0) is 19.4 Å². The summed E-state index contributed by atoms with van der Waals surface area (Å²) in [5.41, 5.74) is 5.24. The second-order valence-electron chi connectivity index (χ2n) is 3.77. The Balaban J connectivity index is -0.000000482. The van der Waals surface area contributed by atoms with Crippen LogP contribution in [0.25, 0.3) is 0 Å². The Labute approximate surface area is 189 Å². The maximum atomic E-state index is 10.9. The van der Waals surface area contributed by atoms with Crippen LogP contribution in [0.15, 0.2) is 0 Å². The zero-order valence-corrected chi connectivity index (χ0v) is 18.8. The number of rotatable bonds is 10. The quantitative estimate of drug-likeness (QED) is 0.307. The number of aliphatic carboxylic acids is 3. The van der Waals surface area contributed by atoms with E-state index in [1.54, 1.807) is 0 Å². The predicted molar refractivity (Wildman–Crippen MR) is 53.3 cm³/mol. The average molecular weight is 328 g/mol. The largest absolute Gasteiger partial charge is 1.00 e. The maximum Gasteiger partial charge on any atom is 1.00 e. The molecule has 0 aromatic heterocycles. The van der Waals surface area contributed by atoms with Gasteiger partial charge < -0.3 is 35.4 Å². The van der Waals surface area contributed by atoms with E-state index in [4.69, 9.17) is 5.73 Å². The van der Waals surface area contributed by atoms with Crippen molar-refractivity contribution < 1.29 is 118 Å². The molecule has 0 aromatic rings. The smallest absolute Gasteiger partial charge is 0.549 e. The van der Waals surface area contributed by atoms with Gasteiger partial charge in [0.15, 0.2) is 0 Å². The molecule has 104 valence electrons. The first kappa shape index (κ1) is 30.2. The van der Waals surface area contributed by atoms with E-state index >= 15 is 0 Å². The summed E-state index contributed by atoms with van der Waals surface area (Å²) in [7, 11) is 0. The summed E-state index contributed by atoms with van der Waals surface area (Å²) < 4.78 is 0. The molecule has 0 fully saturated rings. The van der Waals surface area contributed by atoms with Gasteiger partial charge >= 0.3 is 88.7 Å². The molecule has 2 N–H and O–H groups in total. The fraction of sp³-hybridized carbons (Fsp3) is 0.700. The SMILES string of the molecule is NCCCCC(C(=O)[O-])N(CC(=O)[O-])CC(=O)[O-].[Na+].[Na+].[Na+]. The van der Waals surface area contributed by atoms with E-state index in [1.807, 2.05) is 0 Å². The molecule has 0 amide bonds. The molecule has 0 saturated carbocycles. The van der Waals surface area contributed by atoms with Gasteiger partial charge in [0.2, 0.25) is 0 Å². The summed E-state index contributed by atoms with van der Waals surface area (Å²) in [5, 5.41) is 31.8. The van der Waals surface area contributed by atoms with Crippen molar-refractivity contribution in [3.63, 3.8) is 0 Å². The zero-order valence-electron chi connectivity index (χ0n) is 12.8. The Morgan fingerprint density at radius 2 is 1.33 bits per heavy atom. The van der Waals surface area contributed by atoms with E-state index in [0.717, 1.165) is 4.90 Å². The van der Waals surface area contributed by atoms with Crippen LogP contribution in [-0.4, -0.2) is 48.5 Å². The van der Waals surface area contributed by atoms with Crippen molar-refractivity contribution in [2.45, 2.75) is 25.3 Å². The van der Waals surface area contributed by atoms with Crippen molar-refractivity contribution in [2.75, 3.05) is 19.6 Å². The number of carboxylic acids is 3. The summed E-state index contributed by atoms with van der Waals surface area (Å²) in [4.78, 5) is 32.5. The summed E-state index contributed by atoms with van der Waals surface area (Å²) in [6.45, 7) is -1.26. The molecule has 0 aliphatic rings.